The first-order valence-corrected chi connectivity index (χ1v) is 6.14. The maximum atomic E-state index is 3.95. The molecule has 1 nitrogen and oxygen atoms in total. The molecule has 0 atom stereocenters. The van der Waals surface area contributed by atoms with Gasteiger partial charge in [-0.25, -0.2) is 0 Å². The fourth-order valence-electron chi connectivity index (χ4n) is 1.78. The number of nitrogens with zero attached hydrogens (tertiary/aromatic N) is 1. The number of likely N-dealkylation sites (N-methyl/N-ethyl adjacent to an activating group) is 1. The Labute approximate surface area is 99.8 Å². The molecular formula is C15H23N. The lowest BCUT2D eigenvalue weighted by atomic mass is 10.1. The van der Waals surface area contributed by atoms with Crippen LogP contribution in [0.5, 0.6) is 0 Å². The second-order valence-electron chi connectivity index (χ2n) is 4.25. The Morgan fingerprint density at radius 2 is 1.69 bits per heavy atom. The molecule has 0 heterocycles. The SMILES string of the molecule is C=C(C)c1ccc(CCN(CC)CC)cc1. The molecule has 0 radical (unpaired) electrons. The minimum atomic E-state index is 1.13. The van der Waals surface area contributed by atoms with Gasteiger partial charge in [-0.05, 0) is 37.6 Å². The Morgan fingerprint density at radius 1 is 1.12 bits per heavy atom. The van der Waals surface area contributed by atoms with Crippen LogP contribution in [0.3, 0.4) is 0 Å². The number of benzene rings is 1. The van der Waals surface area contributed by atoms with Crippen molar-refractivity contribution in [3.8, 4) is 0 Å². The van der Waals surface area contributed by atoms with E-state index in [9.17, 15) is 0 Å². The molecule has 0 saturated heterocycles. The summed E-state index contributed by atoms with van der Waals surface area (Å²) in [6, 6.07) is 8.76. The van der Waals surface area contributed by atoms with E-state index in [0.29, 0.717) is 0 Å². The van der Waals surface area contributed by atoms with Crippen LogP contribution < -0.4 is 0 Å². The Kier molecular flexibility index (Phi) is 5.27. The monoisotopic (exact) mass is 217 g/mol. The molecule has 1 rings (SSSR count). The van der Waals surface area contributed by atoms with Gasteiger partial charge in [0.05, 0.1) is 0 Å². The van der Waals surface area contributed by atoms with Crippen LogP contribution >= 0.6 is 0 Å². The maximum absolute atomic E-state index is 3.95. The molecule has 0 spiro atoms. The van der Waals surface area contributed by atoms with Gasteiger partial charge in [0, 0.05) is 6.54 Å². The van der Waals surface area contributed by atoms with Crippen molar-refractivity contribution >= 4 is 5.57 Å². The fraction of sp³-hybridized carbons (Fsp3) is 0.467. The van der Waals surface area contributed by atoms with Crippen LogP contribution in [0.25, 0.3) is 5.57 Å². The summed E-state index contributed by atoms with van der Waals surface area (Å²) >= 11 is 0. The summed E-state index contributed by atoms with van der Waals surface area (Å²) in [7, 11) is 0. The van der Waals surface area contributed by atoms with Crippen molar-refractivity contribution in [2.75, 3.05) is 19.6 Å². The summed E-state index contributed by atoms with van der Waals surface area (Å²) in [5.74, 6) is 0. The van der Waals surface area contributed by atoms with Crippen LogP contribution in [0.4, 0.5) is 0 Å². The third-order valence-corrected chi connectivity index (χ3v) is 3.06. The zero-order valence-electron chi connectivity index (χ0n) is 10.8. The van der Waals surface area contributed by atoms with E-state index >= 15 is 0 Å². The summed E-state index contributed by atoms with van der Waals surface area (Å²) in [5.41, 5.74) is 3.79. The zero-order valence-corrected chi connectivity index (χ0v) is 10.8. The average Bonchev–Trinajstić information content (AvgIpc) is 2.31. The van der Waals surface area contributed by atoms with E-state index in [4.69, 9.17) is 0 Å². The first-order chi connectivity index (χ1) is 7.67. The van der Waals surface area contributed by atoms with Crippen molar-refractivity contribution in [2.24, 2.45) is 0 Å². The lowest BCUT2D eigenvalue weighted by Gasteiger charge is -2.17. The molecular weight excluding hydrogens is 194 g/mol. The van der Waals surface area contributed by atoms with Crippen LogP contribution in [0.15, 0.2) is 30.8 Å². The van der Waals surface area contributed by atoms with E-state index < -0.39 is 0 Å². The molecule has 1 heteroatoms. The quantitative estimate of drug-likeness (QED) is 0.703. The highest BCUT2D eigenvalue weighted by molar-refractivity contribution is 5.61. The highest BCUT2D eigenvalue weighted by Crippen LogP contribution is 2.12. The molecule has 0 aliphatic heterocycles. The van der Waals surface area contributed by atoms with E-state index in [0.717, 1.165) is 31.6 Å². The molecule has 0 amide bonds. The molecule has 0 fully saturated rings. The van der Waals surface area contributed by atoms with Crippen molar-refractivity contribution in [3.63, 3.8) is 0 Å². The van der Waals surface area contributed by atoms with E-state index in [-0.39, 0.29) is 0 Å². The number of hydrogen-bond donors (Lipinski definition) is 0. The average molecular weight is 217 g/mol. The Balaban J connectivity index is 2.52. The first kappa shape index (κ1) is 13.0. The standard InChI is InChI=1S/C15H23N/c1-5-16(6-2)12-11-14-7-9-15(10-8-14)13(3)4/h7-10H,3,5-6,11-12H2,1-2,4H3. The first-order valence-electron chi connectivity index (χ1n) is 6.14. The van der Waals surface area contributed by atoms with Crippen LogP contribution in [0.1, 0.15) is 31.9 Å². The fourth-order valence-corrected chi connectivity index (χ4v) is 1.78. The van der Waals surface area contributed by atoms with Gasteiger partial charge in [0.15, 0.2) is 0 Å². The third-order valence-electron chi connectivity index (χ3n) is 3.06. The Morgan fingerprint density at radius 3 is 2.12 bits per heavy atom. The molecule has 0 aromatic heterocycles. The Hall–Kier alpha value is -1.08. The van der Waals surface area contributed by atoms with Crippen molar-refractivity contribution in [3.05, 3.63) is 42.0 Å². The summed E-state index contributed by atoms with van der Waals surface area (Å²) in [6.45, 7) is 13.9. The molecule has 0 N–H and O–H groups in total. The van der Waals surface area contributed by atoms with Crippen molar-refractivity contribution in [1.82, 2.24) is 4.90 Å². The van der Waals surface area contributed by atoms with E-state index in [1.54, 1.807) is 0 Å². The van der Waals surface area contributed by atoms with Gasteiger partial charge < -0.3 is 4.90 Å². The summed E-state index contributed by atoms with van der Waals surface area (Å²) in [5, 5.41) is 0. The van der Waals surface area contributed by atoms with Crippen LogP contribution in [0, 0.1) is 0 Å². The maximum Gasteiger partial charge on any atom is 0.00216 e. The van der Waals surface area contributed by atoms with Crippen molar-refractivity contribution in [1.29, 1.82) is 0 Å². The summed E-state index contributed by atoms with van der Waals surface area (Å²) < 4.78 is 0. The molecule has 0 unspecified atom stereocenters. The molecule has 88 valence electrons. The van der Waals surface area contributed by atoms with Gasteiger partial charge >= 0.3 is 0 Å². The normalized spacial score (nSPS) is 10.8. The molecule has 1 aromatic rings. The van der Waals surface area contributed by atoms with Crippen molar-refractivity contribution in [2.45, 2.75) is 27.2 Å². The number of hydrogen-bond acceptors (Lipinski definition) is 1. The van der Waals surface area contributed by atoms with Gasteiger partial charge in [-0.1, -0.05) is 50.3 Å². The summed E-state index contributed by atoms with van der Waals surface area (Å²) in [4.78, 5) is 2.45. The second kappa shape index (κ2) is 6.49. The van der Waals surface area contributed by atoms with Gasteiger partial charge in [-0.3, -0.25) is 0 Å². The molecule has 0 aliphatic rings. The van der Waals surface area contributed by atoms with Gasteiger partial charge in [0.2, 0.25) is 0 Å². The lowest BCUT2D eigenvalue weighted by molar-refractivity contribution is 0.308. The van der Waals surface area contributed by atoms with Gasteiger partial charge in [-0.15, -0.1) is 0 Å². The smallest absolute Gasteiger partial charge is 0.00216 e. The second-order valence-corrected chi connectivity index (χ2v) is 4.25. The van der Waals surface area contributed by atoms with E-state index in [2.05, 4.69) is 49.6 Å². The number of rotatable bonds is 6. The molecule has 0 saturated carbocycles. The topological polar surface area (TPSA) is 3.24 Å². The van der Waals surface area contributed by atoms with Crippen molar-refractivity contribution < 1.29 is 0 Å². The molecule has 0 bridgehead atoms. The zero-order chi connectivity index (χ0) is 12.0. The largest absolute Gasteiger partial charge is 0.304 e. The van der Waals surface area contributed by atoms with Gasteiger partial charge in [0.1, 0.15) is 0 Å². The Bertz CT molecular complexity index is 320. The molecule has 0 aliphatic carbocycles. The van der Waals surface area contributed by atoms with Crippen LogP contribution in [0.2, 0.25) is 0 Å². The van der Waals surface area contributed by atoms with E-state index in [1.807, 2.05) is 6.92 Å². The molecule has 16 heavy (non-hydrogen) atoms. The highest BCUT2D eigenvalue weighted by Gasteiger charge is 2.00. The van der Waals surface area contributed by atoms with Gasteiger partial charge in [0.25, 0.3) is 0 Å². The highest BCUT2D eigenvalue weighted by atomic mass is 15.1. The number of allylic oxidation sites excluding steroid dienone is 1. The minimum absolute atomic E-state index is 1.13. The predicted octanol–water partition coefficient (Wildman–Crippen LogP) is 3.60. The lowest BCUT2D eigenvalue weighted by Crippen LogP contribution is -2.25. The third kappa shape index (κ3) is 3.82. The van der Waals surface area contributed by atoms with Gasteiger partial charge in [-0.2, -0.15) is 0 Å². The predicted molar refractivity (Wildman–Crippen MR) is 72.6 cm³/mol. The van der Waals surface area contributed by atoms with Crippen LogP contribution in [-0.4, -0.2) is 24.5 Å². The summed E-state index contributed by atoms with van der Waals surface area (Å²) in [6.07, 6.45) is 1.14. The minimum Gasteiger partial charge on any atom is -0.304 e. The van der Waals surface area contributed by atoms with Crippen LogP contribution in [-0.2, 0) is 6.42 Å². The molecule has 1 aromatic carbocycles. The van der Waals surface area contributed by atoms with E-state index in [1.165, 1.54) is 11.1 Å².